The molecule has 1 aliphatic rings. The van der Waals surface area contributed by atoms with Crippen LogP contribution in [-0.4, -0.2) is 71.1 Å². The maximum Gasteiger partial charge on any atom is 0.294 e. The molecule has 1 aromatic carbocycles. The number of pyridine rings is 1. The van der Waals surface area contributed by atoms with Crippen molar-refractivity contribution in [1.29, 1.82) is 0 Å². The zero-order valence-electron chi connectivity index (χ0n) is 21.9. The van der Waals surface area contributed by atoms with Gasteiger partial charge < -0.3 is 27.0 Å². The number of Topliss-reactive ketones (excluding diaryl/α,β-unsaturated/α-hetero) is 1. The van der Waals surface area contributed by atoms with Gasteiger partial charge in [-0.25, -0.2) is 9.98 Å². The molecule has 11 nitrogen and oxygen atoms in total. The Morgan fingerprint density at radius 3 is 2.51 bits per heavy atom. The van der Waals surface area contributed by atoms with Gasteiger partial charge in [-0.1, -0.05) is 35.5 Å². The standard InChI is InChI=1S/C26H31ClN8O3S/c1-26(29)9-12-30-14-15-33-24(21(28)31-13-10-26)39-18-8-11-32-22(19(18)27)34-23(37)17-6-4-16(5-7-17)20(36)25(38)35(2)3/h4-8,11,14-15,30H,9-10,12-13,29H2,1-3H3,(H2,28,31)(H,32,34,37)/b15-14+,33-24?. The van der Waals surface area contributed by atoms with E-state index in [-0.39, 0.29) is 33.3 Å². The number of anilines is 1. The fraction of sp³-hybridized carbons (Fsp3) is 0.308. The second-order valence-corrected chi connectivity index (χ2v) is 10.7. The number of thioether (sulfide) groups is 1. The maximum absolute atomic E-state index is 12.8. The summed E-state index contributed by atoms with van der Waals surface area (Å²) in [6.07, 6.45) is 6.22. The van der Waals surface area contributed by atoms with E-state index >= 15 is 0 Å². The fourth-order valence-corrected chi connectivity index (χ4v) is 4.42. The molecule has 0 fully saturated rings. The van der Waals surface area contributed by atoms with E-state index in [2.05, 4.69) is 25.6 Å². The topological polar surface area (TPSA) is 168 Å². The summed E-state index contributed by atoms with van der Waals surface area (Å²) < 4.78 is 0. The number of nitrogens with one attached hydrogen (secondary N) is 2. The summed E-state index contributed by atoms with van der Waals surface area (Å²) in [4.78, 5) is 51.7. The number of nitrogens with zero attached hydrogens (tertiary/aromatic N) is 4. The normalized spacial score (nSPS) is 18.8. The van der Waals surface area contributed by atoms with Crippen LogP contribution in [0.2, 0.25) is 5.02 Å². The van der Waals surface area contributed by atoms with Crippen molar-refractivity contribution in [3.63, 3.8) is 0 Å². The number of carbonyl (C=O) groups excluding carboxylic acids is 3. The maximum atomic E-state index is 12.8. The second kappa shape index (κ2) is 13.4. The van der Waals surface area contributed by atoms with Crippen molar-refractivity contribution in [2.24, 2.45) is 21.5 Å². The van der Waals surface area contributed by atoms with Gasteiger partial charge in [0.25, 0.3) is 11.8 Å². The van der Waals surface area contributed by atoms with E-state index in [1.807, 2.05) is 6.92 Å². The summed E-state index contributed by atoms with van der Waals surface area (Å²) in [6.45, 7) is 3.13. The fourth-order valence-electron chi connectivity index (χ4n) is 3.34. The highest BCUT2D eigenvalue weighted by Gasteiger charge is 2.20. The van der Waals surface area contributed by atoms with E-state index in [1.54, 1.807) is 18.5 Å². The van der Waals surface area contributed by atoms with Crippen molar-refractivity contribution < 1.29 is 14.4 Å². The summed E-state index contributed by atoms with van der Waals surface area (Å²) in [6, 6.07) is 7.40. The van der Waals surface area contributed by atoms with Gasteiger partial charge in [0.1, 0.15) is 5.04 Å². The van der Waals surface area contributed by atoms with Crippen LogP contribution in [0.4, 0.5) is 5.82 Å². The SMILES string of the molecule is CN(C)C(=O)C(=O)c1ccc(C(=O)Nc2nccc(SC3=N/C=C/NCCC(C)(N)CCN=C3N)c2Cl)cc1. The average Bonchev–Trinajstić information content (AvgIpc) is 2.90. The molecule has 0 saturated heterocycles. The minimum Gasteiger partial charge on any atom is -0.390 e. The van der Waals surface area contributed by atoms with Crippen LogP contribution in [0, 0.1) is 0 Å². The first-order valence-corrected chi connectivity index (χ1v) is 13.2. The number of ketones is 1. The highest BCUT2D eigenvalue weighted by molar-refractivity contribution is 8.15. The molecule has 206 valence electrons. The van der Waals surface area contributed by atoms with Gasteiger partial charge in [0.2, 0.25) is 5.78 Å². The van der Waals surface area contributed by atoms with Gasteiger partial charge in [-0.05, 0) is 38.0 Å². The van der Waals surface area contributed by atoms with Crippen molar-refractivity contribution in [2.75, 3.05) is 32.5 Å². The third-order valence-electron chi connectivity index (χ3n) is 5.71. The third-order valence-corrected chi connectivity index (χ3v) is 7.27. The van der Waals surface area contributed by atoms with E-state index in [0.717, 1.165) is 6.42 Å². The van der Waals surface area contributed by atoms with Gasteiger partial charge in [-0.3, -0.25) is 19.4 Å². The lowest BCUT2D eigenvalue weighted by Crippen LogP contribution is -2.39. The number of carbonyl (C=O) groups is 3. The molecule has 1 atom stereocenters. The van der Waals surface area contributed by atoms with E-state index in [4.69, 9.17) is 23.1 Å². The first kappa shape index (κ1) is 29.8. The molecule has 1 aliphatic heterocycles. The van der Waals surface area contributed by atoms with Crippen LogP contribution in [0.1, 0.15) is 40.5 Å². The molecule has 13 heteroatoms. The molecule has 2 aromatic rings. The van der Waals surface area contributed by atoms with Crippen molar-refractivity contribution >= 4 is 57.7 Å². The number of amidine groups is 1. The molecular weight excluding hydrogens is 540 g/mol. The van der Waals surface area contributed by atoms with Crippen LogP contribution in [0.5, 0.6) is 0 Å². The highest BCUT2D eigenvalue weighted by atomic mass is 35.5. The Morgan fingerprint density at radius 1 is 1.13 bits per heavy atom. The Kier molecular flexibility index (Phi) is 10.2. The number of aliphatic imine (C=N–C) groups is 2. The Hall–Kier alpha value is -3.74. The molecule has 6 N–H and O–H groups in total. The number of halogens is 1. The summed E-state index contributed by atoms with van der Waals surface area (Å²) in [5.74, 6) is -1.44. The summed E-state index contributed by atoms with van der Waals surface area (Å²) in [5.41, 5.74) is 12.6. The number of amides is 2. The Morgan fingerprint density at radius 2 is 1.82 bits per heavy atom. The molecule has 0 radical (unpaired) electrons. The largest absolute Gasteiger partial charge is 0.390 e. The minimum atomic E-state index is -0.665. The van der Waals surface area contributed by atoms with E-state index in [1.165, 1.54) is 61.2 Å². The van der Waals surface area contributed by atoms with Crippen molar-refractivity contribution in [2.45, 2.75) is 30.2 Å². The summed E-state index contributed by atoms with van der Waals surface area (Å²) in [5, 5.41) is 6.45. The van der Waals surface area contributed by atoms with Crippen LogP contribution in [0.25, 0.3) is 0 Å². The lowest BCUT2D eigenvalue weighted by Gasteiger charge is -2.24. The molecule has 0 aliphatic carbocycles. The van der Waals surface area contributed by atoms with Crippen LogP contribution >= 0.6 is 23.4 Å². The number of nitrogens with two attached hydrogens (primary N) is 2. The van der Waals surface area contributed by atoms with Crippen molar-refractivity contribution in [3.05, 3.63) is 65.1 Å². The number of hydrogen-bond donors (Lipinski definition) is 4. The predicted molar refractivity (Wildman–Crippen MR) is 155 cm³/mol. The molecule has 0 spiro atoms. The van der Waals surface area contributed by atoms with Crippen LogP contribution in [-0.2, 0) is 4.79 Å². The van der Waals surface area contributed by atoms with Gasteiger partial charge >= 0.3 is 0 Å². The van der Waals surface area contributed by atoms with Gasteiger partial charge in [0.15, 0.2) is 11.7 Å². The average molecular weight is 571 g/mol. The lowest BCUT2D eigenvalue weighted by atomic mass is 9.95. The zero-order chi connectivity index (χ0) is 28.6. The van der Waals surface area contributed by atoms with E-state index in [0.29, 0.717) is 29.4 Å². The highest BCUT2D eigenvalue weighted by Crippen LogP contribution is 2.33. The zero-order valence-corrected chi connectivity index (χ0v) is 23.5. The number of benzene rings is 1. The van der Waals surface area contributed by atoms with Gasteiger partial charge in [0, 0.05) is 67.3 Å². The Balaban J connectivity index is 1.77. The summed E-state index contributed by atoms with van der Waals surface area (Å²) >= 11 is 7.77. The monoisotopic (exact) mass is 570 g/mol. The molecule has 2 amide bonds. The number of rotatable bonds is 5. The Labute approximate surface area is 236 Å². The van der Waals surface area contributed by atoms with Crippen molar-refractivity contribution in [3.8, 4) is 0 Å². The number of aromatic nitrogens is 1. The third kappa shape index (κ3) is 8.37. The Bertz CT molecular complexity index is 1320. The molecule has 0 bridgehead atoms. The van der Waals surface area contributed by atoms with Crippen LogP contribution in [0.3, 0.4) is 0 Å². The molecule has 1 unspecified atom stereocenters. The molecule has 0 saturated carbocycles. The van der Waals surface area contributed by atoms with Gasteiger partial charge in [-0.15, -0.1) is 0 Å². The molecule has 39 heavy (non-hydrogen) atoms. The molecular formula is C26H31ClN8O3S. The van der Waals surface area contributed by atoms with E-state index < -0.39 is 17.6 Å². The van der Waals surface area contributed by atoms with E-state index in [9.17, 15) is 14.4 Å². The molecule has 3 rings (SSSR count). The number of hydrogen-bond acceptors (Lipinski definition) is 10. The quantitative estimate of drug-likeness (QED) is 0.314. The smallest absolute Gasteiger partial charge is 0.294 e. The van der Waals surface area contributed by atoms with Crippen LogP contribution < -0.4 is 22.1 Å². The summed E-state index contributed by atoms with van der Waals surface area (Å²) in [7, 11) is 2.98. The molecule has 2 heterocycles. The predicted octanol–water partition coefficient (Wildman–Crippen LogP) is 2.68. The number of likely N-dealkylation sites (N-methyl/N-ethyl adjacent to an activating group) is 1. The molecule has 1 aromatic heterocycles. The first-order valence-electron chi connectivity index (χ1n) is 12.0. The van der Waals surface area contributed by atoms with Gasteiger partial charge in [-0.2, -0.15) is 0 Å². The lowest BCUT2D eigenvalue weighted by molar-refractivity contribution is -0.124. The first-order chi connectivity index (χ1) is 18.5. The van der Waals surface area contributed by atoms with Crippen molar-refractivity contribution in [1.82, 2.24) is 15.2 Å². The second-order valence-electron chi connectivity index (χ2n) is 9.26. The minimum absolute atomic E-state index is 0.134. The van der Waals surface area contributed by atoms with Crippen LogP contribution in [0.15, 0.2) is 63.8 Å². The van der Waals surface area contributed by atoms with Gasteiger partial charge in [0.05, 0.1) is 5.02 Å².